The van der Waals surface area contributed by atoms with E-state index in [1.54, 1.807) is 0 Å². The highest BCUT2D eigenvalue weighted by atomic mass is 35.5. The lowest BCUT2D eigenvalue weighted by Gasteiger charge is -2.37. The molecule has 3 unspecified atom stereocenters. The van der Waals surface area contributed by atoms with Crippen LogP contribution in [-0.2, 0) is 14.3 Å². The van der Waals surface area contributed by atoms with Crippen molar-refractivity contribution in [3.05, 3.63) is 0 Å². The molecule has 1 aliphatic rings. The van der Waals surface area contributed by atoms with Gasteiger partial charge in [-0.1, -0.05) is 97.3 Å². The van der Waals surface area contributed by atoms with Gasteiger partial charge < -0.3 is 9.47 Å². The first kappa shape index (κ1) is 26.8. The summed E-state index contributed by atoms with van der Waals surface area (Å²) in [6.45, 7) is 5.20. The molecule has 0 amide bonds. The minimum absolute atomic E-state index is 0.00841. The summed E-state index contributed by atoms with van der Waals surface area (Å²) < 4.78 is 11.6. The van der Waals surface area contributed by atoms with Crippen LogP contribution < -0.4 is 0 Å². The second-order valence-corrected chi connectivity index (χ2v) is 9.20. The van der Waals surface area contributed by atoms with E-state index in [2.05, 4.69) is 13.8 Å². The standard InChI is InChI=1S/C25H47ClO3/c1-3-5-7-9-10-11-12-13-14-17-22(28-20-16-19-26)21-24-23(25(27)29-24)18-15-8-6-4-2/h22-24H,3-21H2,1-2H3. The zero-order valence-electron chi connectivity index (χ0n) is 19.3. The summed E-state index contributed by atoms with van der Waals surface area (Å²) in [5.41, 5.74) is 0. The van der Waals surface area contributed by atoms with Crippen molar-refractivity contribution >= 4 is 17.6 Å². The van der Waals surface area contributed by atoms with Crippen molar-refractivity contribution in [2.75, 3.05) is 12.5 Å². The number of hydrogen-bond acceptors (Lipinski definition) is 3. The molecule has 172 valence electrons. The lowest BCUT2D eigenvalue weighted by Crippen LogP contribution is -2.47. The maximum absolute atomic E-state index is 11.9. The van der Waals surface area contributed by atoms with Crippen LogP contribution in [0.1, 0.15) is 123 Å². The quantitative estimate of drug-likeness (QED) is 0.106. The van der Waals surface area contributed by atoms with Crippen LogP contribution in [-0.4, -0.2) is 30.7 Å². The second-order valence-electron chi connectivity index (χ2n) is 8.82. The molecule has 3 nitrogen and oxygen atoms in total. The molecule has 1 heterocycles. The summed E-state index contributed by atoms with van der Waals surface area (Å²) in [6.07, 6.45) is 21.0. The van der Waals surface area contributed by atoms with Crippen molar-refractivity contribution in [2.45, 2.75) is 135 Å². The second kappa shape index (κ2) is 18.5. The minimum atomic E-state index is 0.00841. The van der Waals surface area contributed by atoms with Crippen molar-refractivity contribution in [2.24, 2.45) is 5.92 Å². The van der Waals surface area contributed by atoms with Crippen LogP contribution in [0.25, 0.3) is 0 Å². The number of esters is 1. The van der Waals surface area contributed by atoms with Crippen molar-refractivity contribution in [1.29, 1.82) is 0 Å². The van der Waals surface area contributed by atoms with Crippen molar-refractivity contribution < 1.29 is 14.3 Å². The number of carbonyl (C=O) groups is 1. The number of rotatable bonds is 21. The third kappa shape index (κ3) is 12.9. The van der Waals surface area contributed by atoms with Gasteiger partial charge in [-0.3, -0.25) is 4.79 Å². The molecule has 1 saturated heterocycles. The van der Waals surface area contributed by atoms with Crippen LogP contribution in [0.5, 0.6) is 0 Å². The van der Waals surface area contributed by atoms with E-state index in [0.29, 0.717) is 12.5 Å². The largest absolute Gasteiger partial charge is 0.461 e. The van der Waals surface area contributed by atoms with E-state index in [4.69, 9.17) is 21.1 Å². The van der Waals surface area contributed by atoms with Gasteiger partial charge in [-0.2, -0.15) is 0 Å². The predicted molar refractivity (Wildman–Crippen MR) is 124 cm³/mol. The summed E-state index contributed by atoms with van der Waals surface area (Å²) in [7, 11) is 0. The molecular formula is C25H47ClO3. The molecular weight excluding hydrogens is 384 g/mol. The Morgan fingerprint density at radius 3 is 2.03 bits per heavy atom. The summed E-state index contributed by atoms with van der Waals surface area (Å²) in [5, 5.41) is 0. The van der Waals surface area contributed by atoms with E-state index in [9.17, 15) is 4.79 Å². The van der Waals surface area contributed by atoms with Gasteiger partial charge in [0.25, 0.3) is 0 Å². The number of cyclic esters (lactones) is 1. The van der Waals surface area contributed by atoms with Gasteiger partial charge in [0.05, 0.1) is 12.0 Å². The molecule has 0 spiro atoms. The molecule has 3 atom stereocenters. The number of hydrogen-bond donors (Lipinski definition) is 0. The average Bonchev–Trinajstić information content (AvgIpc) is 2.71. The normalized spacial score (nSPS) is 19.8. The number of unbranched alkanes of at least 4 members (excludes halogenated alkanes) is 11. The monoisotopic (exact) mass is 430 g/mol. The SMILES string of the molecule is CCCCCCCCCCCC(CC1OC(=O)C1CCCCCC)OCCCCl. The Morgan fingerprint density at radius 2 is 1.45 bits per heavy atom. The lowest BCUT2D eigenvalue weighted by molar-refractivity contribution is -0.189. The smallest absolute Gasteiger partial charge is 0.313 e. The molecule has 0 aromatic heterocycles. The van der Waals surface area contributed by atoms with E-state index >= 15 is 0 Å². The van der Waals surface area contributed by atoms with E-state index < -0.39 is 0 Å². The van der Waals surface area contributed by atoms with Gasteiger partial charge in [0, 0.05) is 18.9 Å². The number of ether oxygens (including phenoxy) is 2. The summed E-state index contributed by atoms with van der Waals surface area (Å²) in [6, 6.07) is 0. The highest BCUT2D eigenvalue weighted by Crippen LogP contribution is 2.32. The highest BCUT2D eigenvalue weighted by Gasteiger charge is 2.42. The maximum Gasteiger partial charge on any atom is 0.313 e. The van der Waals surface area contributed by atoms with Gasteiger partial charge >= 0.3 is 5.97 Å². The van der Waals surface area contributed by atoms with Gasteiger partial charge in [0.2, 0.25) is 0 Å². The van der Waals surface area contributed by atoms with Crippen molar-refractivity contribution in [1.82, 2.24) is 0 Å². The number of halogens is 1. The number of carbonyl (C=O) groups excluding carboxylic acids is 1. The molecule has 4 heteroatoms. The first-order valence-electron chi connectivity index (χ1n) is 12.6. The van der Waals surface area contributed by atoms with Crippen LogP contribution in [0.3, 0.4) is 0 Å². The Hall–Kier alpha value is -0.280. The minimum Gasteiger partial charge on any atom is -0.461 e. The Bertz CT molecular complexity index is 388. The third-order valence-corrected chi connectivity index (χ3v) is 6.41. The summed E-state index contributed by atoms with van der Waals surface area (Å²) in [4.78, 5) is 11.9. The molecule has 0 aromatic carbocycles. The third-order valence-electron chi connectivity index (χ3n) is 6.14. The van der Waals surface area contributed by atoms with E-state index in [1.807, 2.05) is 0 Å². The molecule has 0 N–H and O–H groups in total. The van der Waals surface area contributed by atoms with Gasteiger partial charge in [-0.05, 0) is 19.3 Å². The maximum atomic E-state index is 11.9. The zero-order chi connectivity index (χ0) is 21.2. The van der Waals surface area contributed by atoms with E-state index in [1.165, 1.54) is 77.0 Å². The van der Waals surface area contributed by atoms with Gasteiger partial charge in [-0.15, -0.1) is 11.6 Å². The average molecular weight is 431 g/mol. The first-order valence-corrected chi connectivity index (χ1v) is 13.1. The van der Waals surface area contributed by atoms with Gasteiger partial charge in [0.15, 0.2) is 0 Å². The van der Waals surface area contributed by atoms with E-state index in [0.717, 1.165) is 32.1 Å². The van der Waals surface area contributed by atoms with Gasteiger partial charge in [-0.25, -0.2) is 0 Å². The molecule has 29 heavy (non-hydrogen) atoms. The number of alkyl halides is 1. The fourth-order valence-electron chi connectivity index (χ4n) is 4.22. The fourth-order valence-corrected chi connectivity index (χ4v) is 4.33. The van der Waals surface area contributed by atoms with Crippen LogP contribution in [0, 0.1) is 5.92 Å². The molecule has 0 radical (unpaired) electrons. The molecule has 0 aliphatic carbocycles. The van der Waals surface area contributed by atoms with Gasteiger partial charge in [0.1, 0.15) is 6.10 Å². The Labute approximate surface area is 185 Å². The molecule has 1 fully saturated rings. The molecule has 1 aliphatic heterocycles. The molecule has 0 saturated carbocycles. The van der Waals surface area contributed by atoms with Crippen molar-refractivity contribution in [3.63, 3.8) is 0 Å². The Balaban J connectivity index is 2.23. The zero-order valence-corrected chi connectivity index (χ0v) is 20.0. The highest BCUT2D eigenvalue weighted by molar-refractivity contribution is 6.17. The van der Waals surface area contributed by atoms with Crippen molar-refractivity contribution in [3.8, 4) is 0 Å². The predicted octanol–water partition coefficient (Wildman–Crippen LogP) is 7.82. The van der Waals surface area contributed by atoms with Crippen LogP contribution in [0.15, 0.2) is 0 Å². The molecule has 0 aromatic rings. The summed E-state index contributed by atoms with van der Waals surface area (Å²) in [5.74, 6) is 0.756. The van der Waals surface area contributed by atoms with Crippen LogP contribution >= 0.6 is 11.6 Å². The molecule has 0 bridgehead atoms. The first-order chi connectivity index (χ1) is 14.2. The summed E-state index contributed by atoms with van der Waals surface area (Å²) >= 11 is 5.81. The van der Waals surface area contributed by atoms with Crippen LogP contribution in [0.2, 0.25) is 0 Å². The lowest BCUT2D eigenvalue weighted by atomic mass is 9.86. The van der Waals surface area contributed by atoms with Crippen LogP contribution in [0.4, 0.5) is 0 Å². The Morgan fingerprint density at radius 1 is 0.862 bits per heavy atom. The molecule has 1 rings (SSSR count). The fraction of sp³-hybridized carbons (Fsp3) is 0.960. The topological polar surface area (TPSA) is 35.5 Å². The Kier molecular flexibility index (Phi) is 17.1. The van der Waals surface area contributed by atoms with E-state index in [-0.39, 0.29) is 24.1 Å².